The molecule has 6 aromatic rings. The van der Waals surface area contributed by atoms with Crippen LogP contribution < -0.4 is 31.5 Å². The molecule has 2 unspecified atom stereocenters. The van der Waals surface area contributed by atoms with Gasteiger partial charge in [0.15, 0.2) is 0 Å². The molecule has 6 N–H and O–H groups in total. The monoisotopic (exact) mass is 744 g/mol. The third-order valence-corrected chi connectivity index (χ3v) is 9.89. The van der Waals surface area contributed by atoms with Gasteiger partial charge in [0.05, 0.1) is 12.1 Å². The second-order valence-corrected chi connectivity index (χ2v) is 13.0. The van der Waals surface area contributed by atoms with Gasteiger partial charge in [-0.1, -0.05) is 97.1 Å². The smallest absolute Gasteiger partial charge is 0.872 e. The van der Waals surface area contributed by atoms with E-state index in [0.717, 1.165) is 38.8 Å². The average molecular weight is 746 g/mol. The van der Waals surface area contributed by atoms with Crippen molar-refractivity contribution in [1.29, 1.82) is 0 Å². The van der Waals surface area contributed by atoms with Crippen molar-refractivity contribution in [3.8, 4) is 23.0 Å². The molecule has 3 aliphatic heterocycles. The number of nitrogens with one attached hydrogen (secondary N) is 4. The molecular formula is C44H32N4O4Zn. The van der Waals surface area contributed by atoms with Crippen LogP contribution in [0.2, 0.25) is 0 Å². The maximum absolute atomic E-state index is 13.5. The second kappa shape index (κ2) is 13.6. The van der Waals surface area contributed by atoms with E-state index in [1.54, 1.807) is 48.5 Å². The number of rotatable bonds is 4. The van der Waals surface area contributed by atoms with E-state index in [1.165, 1.54) is 0 Å². The molecule has 3 aliphatic rings. The van der Waals surface area contributed by atoms with Gasteiger partial charge in [0.1, 0.15) is 11.5 Å². The molecular weight excluding hydrogens is 714 g/mol. The molecule has 254 valence electrons. The summed E-state index contributed by atoms with van der Waals surface area (Å²) >= 11 is 0. The van der Waals surface area contributed by atoms with Crippen molar-refractivity contribution in [3.05, 3.63) is 201 Å². The van der Waals surface area contributed by atoms with Crippen LogP contribution in [-0.4, -0.2) is 32.3 Å². The normalized spacial score (nSPS) is 22.3. The van der Waals surface area contributed by atoms with Gasteiger partial charge in [-0.05, 0) is 59.7 Å². The summed E-state index contributed by atoms with van der Waals surface area (Å²) in [6.45, 7) is 0. The minimum absolute atomic E-state index is 0. The van der Waals surface area contributed by atoms with Crippen LogP contribution in [0.15, 0.2) is 157 Å². The van der Waals surface area contributed by atoms with Crippen LogP contribution in [0.3, 0.4) is 0 Å². The fourth-order valence-corrected chi connectivity index (χ4v) is 7.54. The van der Waals surface area contributed by atoms with E-state index in [2.05, 4.69) is 20.6 Å². The Kier molecular flexibility index (Phi) is 8.65. The van der Waals surface area contributed by atoms with E-state index < -0.39 is 12.1 Å². The van der Waals surface area contributed by atoms with E-state index in [1.807, 2.05) is 97.1 Å². The summed E-state index contributed by atoms with van der Waals surface area (Å²) in [4.78, 5) is 7.21. The summed E-state index contributed by atoms with van der Waals surface area (Å²) in [7, 11) is 0. The van der Waals surface area contributed by atoms with Crippen molar-refractivity contribution >= 4 is 22.3 Å². The topological polar surface area (TPSA) is 142 Å². The van der Waals surface area contributed by atoms with Crippen LogP contribution in [0, 0.1) is 0 Å². The van der Waals surface area contributed by atoms with Crippen molar-refractivity contribution in [2.75, 3.05) is 0 Å². The van der Waals surface area contributed by atoms with E-state index in [9.17, 15) is 20.4 Å². The molecule has 53 heavy (non-hydrogen) atoms. The molecule has 0 saturated heterocycles. The molecule has 2 aromatic heterocycles. The van der Waals surface area contributed by atoms with E-state index in [-0.39, 0.29) is 42.5 Å². The van der Waals surface area contributed by atoms with Gasteiger partial charge < -0.3 is 41.0 Å². The Hall–Kier alpha value is -6.44. The molecule has 0 fully saturated rings. The number of fused-ring (bicyclic) bond motifs is 8. The summed E-state index contributed by atoms with van der Waals surface area (Å²) in [5, 5.41) is 58.1. The quantitative estimate of drug-likeness (QED) is 0.146. The maximum Gasteiger partial charge on any atom is 2.00 e. The number of allylic oxidation sites excluding steroid dienone is 2. The third-order valence-electron chi connectivity index (χ3n) is 9.89. The van der Waals surface area contributed by atoms with Crippen molar-refractivity contribution < 1.29 is 39.9 Å². The number of aromatic hydroxyl groups is 2. The van der Waals surface area contributed by atoms with Crippen molar-refractivity contribution in [1.82, 2.24) is 20.6 Å². The number of hydrogen-bond acceptors (Lipinski definition) is 6. The van der Waals surface area contributed by atoms with E-state index in [0.29, 0.717) is 39.2 Å². The fourth-order valence-electron chi connectivity index (χ4n) is 7.54. The molecule has 9 heteroatoms. The first kappa shape index (κ1) is 33.7. The van der Waals surface area contributed by atoms with Gasteiger partial charge in [-0.2, -0.15) is 0 Å². The minimum Gasteiger partial charge on any atom is -0.872 e. The number of phenols is 2. The van der Waals surface area contributed by atoms with Gasteiger partial charge in [0.2, 0.25) is 0 Å². The number of aromatic amines is 2. The Balaban J connectivity index is 0.00000400. The van der Waals surface area contributed by atoms with Gasteiger partial charge in [-0.15, -0.1) is 11.5 Å². The van der Waals surface area contributed by atoms with Crippen LogP contribution in [0.4, 0.5) is 0 Å². The third kappa shape index (κ3) is 5.85. The molecule has 8 nitrogen and oxygen atoms in total. The van der Waals surface area contributed by atoms with E-state index in [4.69, 9.17) is 0 Å². The molecule has 4 aromatic carbocycles. The molecule has 8 bridgehead atoms. The van der Waals surface area contributed by atoms with Crippen molar-refractivity contribution in [2.45, 2.75) is 12.1 Å². The zero-order valence-corrected chi connectivity index (χ0v) is 31.4. The summed E-state index contributed by atoms with van der Waals surface area (Å²) in [6, 6.07) is 35.3. The molecule has 0 aliphatic carbocycles. The number of aromatic nitrogens is 2. The van der Waals surface area contributed by atoms with Gasteiger partial charge in [-0.3, -0.25) is 0 Å². The largest absolute Gasteiger partial charge is 2.00 e. The molecule has 2 atom stereocenters. The Morgan fingerprint density at radius 1 is 0.453 bits per heavy atom. The zero-order chi connectivity index (χ0) is 35.3. The Bertz CT molecular complexity index is 2480. The van der Waals surface area contributed by atoms with E-state index >= 15 is 0 Å². The van der Waals surface area contributed by atoms with Gasteiger partial charge in [0, 0.05) is 66.9 Å². The fraction of sp³-hybridized carbons (Fsp3) is 0.0455. The van der Waals surface area contributed by atoms with Crippen molar-refractivity contribution in [2.24, 2.45) is 0 Å². The Labute approximate surface area is 318 Å². The Morgan fingerprint density at radius 2 is 0.887 bits per heavy atom. The zero-order valence-electron chi connectivity index (χ0n) is 28.4. The SMILES string of the molecule is [O-]c1ccccc1/C1=C2\C=CC(N2)/C(c2ccccc2[O-])=c2/cc/c([nH]2)=C(\c2ccccc2O)C2C=C/C(=C(\c3ccccc3O)c3ccc1[nH]3)N2.[Zn+2]. The predicted octanol–water partition coefficient (Wildman–Crippen LogP) is 4.59. The molecule has 0 amide bonds. The summed E-state index contributed by atoms with van der Waals surface area (Å²) < 4.78 is 0. The van der Waals surface area contributed by atoms with Gasteiger partial charge in [0.25, 0.3) is 0 Å². The minimum atomic E-state index is -0.436. The van der Waals surface area contributed by atoms with Crippen LogP contribution in [0.5, 0.6) is 23.0 Å². The second-order valence-electron chi connectivity index (χ2n) is 13.0. The number of phenolic OH excluding ortho intramolecular Hbond substituents is 2. The van der Waals surface area contributed by atoms with Crippen LogP contribution in [0.1, 0.15) is 33.6 Å². The molecule has 9 rings (SSSR count). The van der Waals surface area contributed by atoms with Gasteiger partial charge in [-0.25, -0.2) is 0 Å². The average Bonchev–Trinajstić information content (AvgIpc) is 3.99. The summed E-state index contributed by atoms with van der Waals surface area (Å²) in [5.74, 6) is -0.0127. The standard InChI is InChI=1S/C44H34N4O4.Zn/c49-37-13-5-1-9-25(37)41-29-17-19-31(45-29)42(26-10-2-6-14-38(26)50)33-21-23-35(47-33)44(28-12-4-8-16-40(28)52)36-24-22-34(48-36)43(32-20-18-30(41)46-32)27-11-3-7-15-39(27)51;/h1-24,29,34,45-52H;/q;+2/p-2/b41-30-,42-31-,43-32-,44-36-;. The first-order chi connectivity index (χ1) is 25.4. The molecule has 0 radical (unpaired) electrons. The molecule has 0 saturated carbocycles. The molecule has 5 heterocycles. The van der Waals surface area contributed by atoms with Crippen LogP contribution in [0.25, 0.3) is 22.3 Å². The number of hydrogen-bond donors (Lipinski definition) is 6. The number of benzene rings is 4. The summed E-state index contributed by atoms with van der Waals surface area (Å²) in [5.41, 5.74) is 8.11. The van der Waals surface area contributed by atoms with Crippen LogP contribution >= 0.6 is 0 Å². The summed E-state index contributed by atoms with van der Waals surface area (Å²) in [6.07, 6.45) is 7.97. The Morgan fingerprint density at radius 3 is 1.42 bits per heavy atom. The predicted molar refractivity (Wildman–Crippen MR) is 198 cm³/mol. The van der Waals surface area contributed by atoms with Crippen LogP contribution in [-0.2, 0) is 19.5 Å². The van der Waals surface area contributed by atoms with Gasteiger partial charge >= 0.3 is 19.5 Å². The first-order valence-electron chi connectivity index (χ1n) is 17.1. The first-order valence-corrected chi connectivity index (χ1v) is 17.1. The maximum atomic E-state index is 13.5. The number of para-hydroxylation sites is 4. The number of H-pyrrole nitrogens is 2. The van der Waals surface area contributed by atoms with Crippen molar-refractivity contribution in [3.63, 3.8) is 0 Å². The molecule has 0 spiro atoms.